The first-order chi connectivity index (χ1) is 9.03. The van der Waals surface area contributed by atoms with E-state index in [2.05, 4.69) is 18.7 Å². The van der Waals surface area contributed by atoms with Crippen molar-refractivity contribution in [3.05, 3.63) is 22.7 Å². The molecule has 1 aromatic rings. The Kier molecular flexibility index (Phi) is 6.42. The van der Waals surface area contributed by atoms with Gasteiger partial charge in [-0.25, -0.2) is 0 Å². The second kappa shape index (κ2) is 7.58. The molecule has 1 unspecified atom stereocenters. The summed E-state index contributed by atoms with van der Waals surface area (Å²) in [5, 5.41) is 10.0. The summed E-state index contributed by atoms with van der Waals surface area (Å²) in [5.74, 6) is 0.388. The van der Waals surface area contributed by atoms with Crippen LogP contribution in [-0.2, 0) is 11.3 Å². The van der Waals surface area contributed by atoms with Crippen LogP contribution in [0.3, 0.4) is 0 Å². The van der Waals surface area contributed by atoms with E-state index >= 15 is 0 Å². The third-order valence-corrected chi connectivity index (χ3v) is 3.42. The Morgan fingerprint density at radius 2 is 2.05 bits per heavy atom. The number of methoxy groups -OCH3 is 2. The second-order valence-electron chi connectivity index (χ2n) is 4.50. The van der Waals surface area contributed by atoms with E-state index in [1.807, 2.05) is 6.07 Å². The van der Waals surface area contributed by atoms with Gasteiger partial charge in [0, 0.05) is 19.7 Å². The Balaban J connectivity index is 2.88. The zero-order chi connectivity index (χ0) is 14.4. The molecule has 0 aliphatic heterocycles. The first kappa shape index (κ1) is 16.1. The molecule has 19 heavy (non-hydrogen) atoms. The molecule has 0 spiro atoms. The van der Waals surface area contributed by atoms with Crippen molar-refractivity contribution < 1.29 is 14.6 Å². The molecule has 0 saturated heterocycles. The molecule has 1 atom stereocenters. The number of rotatable bonds is 7. The summed E-state index contributed by atoms with van der Waals surface area (Å²) in [6.45, 7) is 6.54. The van der Waals surface area contributed by atoms with E-state index < -0.39 is 0 Å². The van der Waals surface area contributed by atoms with Crippen LogP contribution < -0.4 is 4.74 Å². The van der Waals surface area contributed by atoms with E-state index in [-0.39, 0.29) is 5.75 Å². The first-order valence-electron chi connectivity index (χ1n) is 6.31. The van der Waals surface area contributed by atoms with Crippen LogP contribution in [0, 0.1) is 0 Å². The molecule has 4 nitrogen and oxygen atoms in total. The number of phenols is 1. The quantitative estimate of drug-likeness (QED) is 0.837. The lowest BCUT2D eigenvalue weighted by Crippen LogP contribution is -2.35. The average Bonchev–Trinajstić information content (AvgIpc) is 2.39. The van der Waals surface area contributed by atoms with Gasteiger partial charge in [0.25, 0.3) is 0 Å². The average molecular weight is 288 g/mol. The predicted octanol–water partition coefficient (Wildman–Crippen LogP) is 2.91. The van der Waals surface area contributed by atoms with Gasteiger partial charge in [0.15, 0.2) is 11.5 Å². The predicted molar refractivity (Wildman–Crippen MR) is 77.1 cm³/mol. The molecule has 0 bridgehead atoms. The van der Waals surface area contributed by atoms with Gasteiger partial charge in [0.1, 0.15) is 0 Å². The fraction of sp³-hybridized carbons (Fsp3) is 0.571. The van der Waals surface area contributed by atoms with Crippen molar-refractivity contribution in [2.75, 3.05) is 27.4 Å². The number of benzene rings is 1. The summed E-state index contributed by atoms with van der Waals surface area (Å²) in [5.41, 5.74) is 1.00. The molecule has 1 aromatic carbocycles. The largest absolute Gasteiger partial charge is 0.503 e. The zero-order valence-electron chi connectivity index (χ0n) is 11.9. The molecule has 1 rings (SSSR count). The minimum Gasteiger partial charge on any atom is -0.503 e. The summed E-state index contributed by atoms with van der Waals surface area (Å²) in [6, 6.07) is 3.89. The third-order valence-electron chi connectivity index (χ3n) is 3.13. The number of likely N-dealkylation sites (N-methyl/N-ethyl adjacent to an activating group) is 1. The Bertz CT molecular complexity index is 412. The van der Waals surface area contributed by atoms with Crippen LogP contribution in [0.25, 0.3) is 0 Å². The standard InChI is InChI=1S/C14H22ClNO3/c1-5-16(10(2)9-18-3)8-11-6-12(15)14(17)13(7-11)19-4/h6-7,10,17H,5,8-9H2,1-4H3. The Hall–Kier alpha value is -0.970. The number of hydrogen-bond donors (Lipinski definition) is 1. The fourth-order valence-electron chi connectivity index (χ4n) is 2.03. The van der Waals surface area contributed by atoms with E-state index in [4.69, 9.17) is 21.1 Å². The van der Waals surface area contributed by atoms with E-state index in [1.165, 1.54) is 7.11 Å². The molecular weight excluding hydrogens is 266 g/mol. The van der Waals surface area contributed by atoms with Crippen molar-refractivity contribution in [3.63, 3.8) is 0 Å². The molecule has 0 aromatic heterocycles. The summed E-state index contributed by atoms with van der Waals surface area (Å²) >= 11 is 5.99. The molecule has 0 fully saturated rings. The van der Waals surface area contributed by atoms with E-state index in [0.717, 1.165) is 18.7 Å². The number of halogens is 1. The molecule has 108 valence electrons. The summed E-state index contributed by atoms with van der Waals surface area (Å²) in [6.07, 6.45) is 0. The highest BCUT2D eigenvalue weighted by molar-refractivity contribution is 6.32. The highest BCUT2D eigenvalue weighted by Crippen LogP contribution is 2.35. The number of hydrogen-bond acceptors (Lipinski definition) is 4. The van der Waals surface area contributed by atoms with Gasteiger partial charge in [0.2, 0.25) is 0 Å². The van der Waals surface area contributed by atoms with Gasteiger partial charge in [0.05, 0.1) is 18.7 Å². The summed E-state index contributed by atoms with van der Waals surface area (Å²) in [4.78, 5) is 2.27. The Morgan fingerprint density at radius 1 is 1.37 bits per heavy atom. The minimum atomic E-state index is -0.0131. The van der Waals surface area contributed by atoms with Crippen LogP contribution in [0.15, 0.2) is 12.1 Å². The van der Waals surface area contributed by atoms with E-state index in [0.29, 0.717) is 23.4 Å². The highest BCUT2D eigenvalue weighted by atomic mass is 35.5. The fourth-order valence-corrected chi connectivity index (χ4v) is 2.27. The van der Waals surface area contributed by atoms with E-state index in [9.17, 15) is 5.11 Å². The maximum Gasteiger partial charge on any atom is 0.176 e. The van der Waals surface area contributed by atoms with Crippen LogP contribution in [0.4, 0.5) is 0 Å². The van der Waals surface area contributed by atoms with Crippen molar-refractivity contribution in [2.45, 2.75) is 26.4 Å². The van der Waals surface area contributed by atoms with E-state index in [1.54, 1.807) is 13.2 Å². The zero-order valence-corrected chi connectivity index (χ0v) is 12.7. The maximum atomic E-state index is 9.72. The number of phenolic OH excluding ortho intramolecular Hbond substituents is 1. The maximum absolute atomic E-state index is 9.72. The number of nitrogens with zero attached hydrogens (tertiary/aromatic N) is 1. The van der Waals surface area contributed by atoms with Gasteiger partial charge in [-0.1, -0.05) is 18.5 Å². The molecular formula is C14H22ClNO3. The minimum absolute atomic E-state index is 0.0131. The highest BCUT2D eigenvalue weighted by Gasteiger charge is 2.15. The van der Waals surface area contributed by atoms with Crippen molar-refractivity contribution in [2.24, 2.45) is 0 Å². The monoisotopic (exact) mass is 287 g/mol. The third kappa shape index (κ3) is 4.27. The van der Waals surface area contributed by atoms with Gasteiger partial charge in [-0.05, 0) is 31.2 Å². The van der Waals surface area contributed by atoms with Crippen LogP contribution in [-0.4, -0.2) is 43.4 Å². The second-order valence-corrected chi connectivity index (χ2v) is 4.90. The molecule has 0 radical (unpaired) electrons. The molecule has 0 heterocycles. The van der Waals surface area contributed by atoms with Crippen molar-refractivity contribution in [1.82, 2.24) is 4.90 Å². The number of aromatic hydroxyl groups is 1. The summed E-state index contributed by atoms with van der Waals surface area (Å²) < 4.78 is 10.3. The molecule has 0 aliphatic carbocycles. The van der Waals surface area contributed by atoms with Gasteiger partial charge in [-0.2, -0.15) is 0 Å². The normalized spacial score (nSPS) is 12.7. The molecule has 0 saturated carbocycles. The lowest BCUT2D eigenvalue weighted by atomic mass is 10.1. The number of ether oxygens (including phenoxy) is 2. The SMILES string of the molecule is CCN(Cc1cc(Cl)c(O)c(OC)c1)C(C)COC. The lowest BCUT2D eigenvalue weighted by Gasteiger charge is -2.27. The summed E-state index contributed by atoms with van der Waals surface area (Å²) in [7, 11) is 3.21. The van der Waals surface area contributed by atoms with Crippen LogP contribution in [0.5, 0.6) is 11.5 Å². The van der Waals surface area contributed by atoms with Gasteiger partial charge >= 0.3 is 0 Å². The molecule has 1 N–H and O–H groups in total. The first-order valence-corrected chi connectivity index (χ1v) is 6.69. The Morgan fingerprint density at radius 3 is 2.58 bits per heavy atom. The lowest BCUT2D eigenvalue weighted by molar-refractivity contribution is 0.0981. The van der Waals surface area contributed by atoms with Crippen molar-refractivity contribution in [1.29, 1.82) is 0 Å². The topological polar surface area (TPSA) is 41.9 Å². The van der Waals surface area contributed by atoms with Gasteiger partial charge in [-0.3, -0.25) is 4.90 Å². The molecule has 0 aliphatic rings. The van der Waals surface area contributed by atoms with Gasteiger partial charge < -0.3 is 14.6 Å². The molecule has 0 amide bonds. The molecule has 5 heteroatoms. The van der Waals surface area contributed by atoms with Crippen LogP contribution in [0.2, 0.25) is 5.02 Å². The van der Waals surface area contributed by atoms with Crippen molar-refractivity contribution >= 4 is 11.6 Å². The smallest absolute Gasteiger partial charge is 0.176 e. The van der Waals surface area contributed by atoms with Crippen LogP contribution in [0.1, 0.15) is 19.4 Å². The Labute approximate surface area is 119 Å². The van der Waals surface area contributed by atoms with Gasteiger partial charge in [-0.15, -0.1) is 0 Å². The van der Waals surface area contributed by atoms with Crippen LogP contribution >= 0.6 is 11.6 Å². The van der Waals surface area contributed by atoms with Crippen molar-refractivity contribution in [3.8, 4) is 11.5 Å².